The van der Waals surface area contributed by atoms with E-state index in [0.717, 1.165) is 17.8 Å². The molecular weight excluding hydrogens is 345 g/mol. The van der Waals surface area contributed by atoms with Crippen LogP contribution in [-0.4, -0.2) is 38.8 Å². The maximum Gasteiger partial charge on any atom is 0.417 e. The SMILES string of the molecule is Cc1nc2ccc(C(F)(F)F)cn2c1C(=O)N(C)CCc1ccncc1. The fourth-order valence-corrected chi connectivity index (χ4v) is 2.72. The second-order valence-electron chi connectivity index (χ2n) is 6.02. The molecule has 0 saturated heterocycles. The summed E-state index contributed by atoms with van der Waals surface area (Å²) in [4.78, 5) is 22.4. The summed E-state index contributed by atoms with van der Waals surface area (Å²) in [5, 5.41) is 0. The summed E-state index contributed by atoms with van der Waals surface area (Å²) in [6, 6.07) is 5.94. The van der Waals surface area contributed by atoms with Gasteiger partial charge in [0.1, 0.15) is 11.3 Å². The minimum absolute atomic E-state index is 0.142. The number of pyridine rings is 2. The van der Waals surface area contributed by atoms with Crippen LogP contribution >= 0.6 is 0 Å². The first-order chi connectivity index (χ1) is 12.3. The van der Waals surface area contributed by atoms with Gasteiger partial charge in [0.25, 0.3) is 5.91 Å². The molecule has 0 aliphatic carbocycles. The second kappa shape index (κ2) is 6.78. The van der Waals surface area contributed by atoms with Crippen molar-refractivity contribution in [3.05, 3.63) is 65.4 Å². The number of carbonyl (C=O) groups is 1. The molecule has 0 unspecified atom stereocenters. The molecule has 0 aliphatic heterocycles. The summed E-state index contributed by atoms with van der Waals surface area (Å²) in [5.74, 6) is -0.372. The lowest BCUT2D eigenvalue weighted by Gasteiger charge is -2.17. The number of nitrogens with zero attached hydrogens (tertiary/aromatic N) is 4. The number of alkyl halides is 3. The normalized spacial score (nSPS) is 11.7. The number of fused-ring (bicyclic) bond motifs is 1. The van der Waals surface area contributed by atoms with Gasteiger partial charge in [0.05, 0.1) is 11.3 Å². The Morgan fingerprint density at radius 1 is 1.19 bits per heavy atom. The zero-order valence-electron chi connectivity index (χ0n) is 14.3. The van der Waals surface area contributed by atoms with E-state index in [1.54, 1.807) is 26.4 Å². The molecule has 3 rings (SSSR count). The fraction of sp³-hybridized carbons (Fsp3) is 0.278. The Labute approximate surface area is 148 Å². The Hall–Kier alpha value is -2.90. The third kappa shape index (κ3) is 3.54. The minimum atomic E-state index is -4.49. The molecule has 0 N–H and O–H groups in total. The first kappa shape index (κ1) is 17.9. The van der Waals surface area contributed by atoms with Gasteiger partial charge in [-0.3, -0.25) is 14.2 Å². The van der Waals surface area contributed by atoms with Gasteiger partial charge >= 0.3 is 6.18 Å². The summed E-state index contributed by atoms with van der Waals surface area (Å²) >= 11 is 0. The van der Waals surface area contributed by atoms with Crippen LogP contribution in [0.25, 0.3) is 5.65 Å². The van der Waals surface area contributed by atoms with Gasteiger partial charge in [-0.1, -0.05) is 0 Å². The molecule has 3 aromatic heterocycles. The number of amides is 1. The largest absolute Gasteiger partial charge is 0.417 e. The van der Waals surface area contributed by atoms with Crippen LogP contribution in [0.15, 0.2) is 42.9 Å². The number of hydrogen-bond donors (Lipinski definition) is 0. The topological polar surface area (TPSA) is 50.5 Å². The summed E-state index contributed by atoms with van der Waals surface area (Å²) in [6.45, 7) is 2.04. The smallest absolute Gasteiger partial charge is 0.340 e. The number of carbonyl (C=O) groups excluding carboxylic acids is 1. The molecule has 0 spiro atoms. The molecule has 26 heavy (non-hydrogen) atoms. The Morgan fingerprint density at radius 2 is 1.88 bits per heavy atom. The fourth-order valence-electron chi connectivity index (χ4n) is 2.72. The third-order valence-electron chi connectivity index (χ3n) is 4.15. The Bertz CT molecular complexity index is 935. The van der Waals surface area contributed by atoms with Crippen molar-refractivity contribution >= 4 is 11.6 Å². The molecular formula is C18H17F3N4O. The van der Waals surface area contributed by atoms with E-state index in [1.807, 2.05) is 12.1 Å². The van der Waals surface area contributed by atoms with Gasteiger partial charge in [0, 0.05) is 32.2 Å². The highest BCUT2D eigenvalue weighted by Gasteiger charge is 2.32. The Morgan fingerprint density at radius 3 is 2.54 bits per heavy atom. The lowest BCUT2D eigenvalue weighted by Crippen LogP contribution is -2.30. The molecule has 3 aromatic rings. The first-order valence-corrected chi connectivity index (χ1v) is 7.97. The standard InChI is InChI=1S/C18H17F3N4O/c1-12-16(17(26)24(2)10-7-13-5-8-22-9-6-13)25-11-14(18(19,20)21)3-4-15(25)23-12/h3-6,8-9,11H,7,10H2,1-2H3. The summed E-state index contributed by atoms with van der Waals surface area (Å²) in [6.07, 6.45) is 0.391. The average molecular weight is 362 g/mol. The van der Waals surface area contributed by atoms with E-state index >= 15 is 0 Å². The number of imidazole rings is 1. The Kier molecular flexibility index (Phi) is 4.67. The number of aromatic nitrogens is 3. The van der Waals surface area contributed by atoms with Gasteiger partial charge in [-0.15, -0.1) is 0 Å². The van der Waals surface area contributed by atoms with Crippen molar-refractivity contribution < 1.29 is 18.0 Å². The number of halogens is 3. The van der Waals surface area contributed by atoms with Crippen molar-refractivity contribution in [1.82, 2.24) is 19.3 Å². The van der Waals surface area contributed by atoms with Crippen LogP contribution in [0.5, 0.6) is 0 Å². The molecule has 1 amide bonds. The van der Waals surface area contributed by atoms with E-state index in [1.165, 1.54) is 15.4 Å². The zero-order valence-corrected chi connectivity index (χ0v) is 14.3. The summed E-state index contributed by atoms with van der Waals surface area (Å²) in [7, 11) is 1.62. The molecule has 0 aliphatic rings. The van der Waals surface area contributed by atoms with Gasteiger partial charge in [0.15, 0.2) is 0 Å². The van der Waals surface area contributed by atoms with Crippen LogP contribution in [0.3, 0.4) is 0 Å². The van der Waals surface area contributed by atoms with Gasteiger partial charge < -0.3 is 4.90 Å². The lowest BCUT2D eigenvalue weighted by atomic mass is 10.2. The van der Waals surface area contributed by atoms with Gasteiger partial charge in [-0.2, -0.15) is 13.2 Å². The van der Waals surface area contributed by atoms with Gasteiger partial charge in [0.2, 0.25) is 0 Å². The van der Waals surface area contributed by atoms with Crippen LogP contribution in [0.1, 0.15) is 27.3 Å². The van der Waals surface area contributed by atoms with Crippen molar-refractivity contribution in [2.24, 2.45) is 0 Å². The van der Waals surface area contributed by atoms with E-state index in [0.29, 0.717) is 24.3 Å². The second-order valence-corrected chi connectivity index (χ2v) is 6.02. The van der Waals surface area contributed by atoms with Crippen LogP contribution in [0.2, 0.25) is 0 Å². The summed E-state index contributed by atoms with van der Waals surface area (Å²) in [5.41, 5.74) is 1.04. The molecule has 136 valence electrons. The number of hydrogen-bond acceptors (Lipinski definition) is 3. The van der Waals surface area contributed by atoms with Crippen LogP contribution in [0.4, 0.5) is 13.2 Å². The molecule has 0 saturated carbocycles. The molecule has 0 fully saturated rings. The van der Waals surface area contributed by atoms with Crippen LogP contribution in [-0.2, 0) is 12.6 Å². The predicted octanol–water partition coefficient (Wildman–Crippen LogP) is 3.37. The third-order valence-corrected chi connectivity index (χ3v) is 4.15. The maximum absolute atomic E-state index is 13.0. The number of aryl methyl sites for hydroxylation is 1. The van der Waals surface area contributed by atoms with Crippen molar-refractivity contribution in [2.75, 3.05) is 13.6 Å². The average Bonchev–Trinajstić information content (AvgIpc) is 2.94. The maximum atomic E-state index is 13.0. The van der Waals surface area contributed by atoms with E-state index in [2.05, 4.69) is 9.97 Å². The van der Waals surface area contributed by atoms with E-state index < -0.39 is 11.7 Å². The van der Waals surface area contributed by atoms with Crippen molar-refractivity contribution in [2.45, 2.75) is 19.5 Å². The highest BCUT2D eigenvalue weighted by atomic mass is 19.4. The molecule has 3 heterocycles. The molecule has 0 bridgehead atoms. The minimum Gasteiger partial charge on any atom is -0.340 e. The summed E-state index contributed by atoms with van der Waals surface area (Å²) < 4.78 is 40.2. The molecule has 5 nitrogen and oxygen atoms in total. The van der Waals surface area contributed by atoms with Gasteiger partial charge in [-0.25, -0.2) is 4.98 Å². The lowest BCUT2D eigenvalue weighted by molar-refractivity contribution is -0.137. The molecule has 0 radical (unpaired) electrons. The molecule has 8 heteroatoms. The quantitative estimate of drug-likeness (QED) is 0.715. The van der Waals surface area contributed by atoms with Crippen molar-refractivity contribution in [3.63, 3.8) is 0 Å². The van der Waals surface area contributed by atoms with Crippen LogP contribution < -0.4 is 0 Å². The monoisotopic (exact) mass is 362 g/mol. The number of rotatable bonds is 4. The Balaban J connectivity index is 1.88. The van der Waals surface area contributed by atoms with Crippen LogP contribution in [0, 0.1) is 6.92 Å². The predicted molar refractivity (Wildman–Crippen MR) is 89.8 cm³/mol. The molecule has 0 aromatic carbocycles. The first-order valence-electron chi connectivity index (χ1n) is 7.97. The van der Waals surface area contributed by atoms with E-state index in [9.17, 15) is 18.0 Å². The highest BCUT2D eigenvalue weighted by molar-refractivity contribution is 5.94. The molecule has 0 atom stereocenters. The van der Waals surface area contributed by atoms with Crippen molar-refractivity contribution in [3.8, 4) is 0 Å². The zero-order chi connectivity index (χ0) is 18.9. The van der Waals surface area contributed by atoms with E-state index in [4.69, 9.17) is 0 Å². The van der Waals surface area contributed by atoms with E-state index in [-0.39, 0.29) is 11.6 Å². The van der Waals surface area contributed by atoms with Gasteiger partial charge in [-0.05, 0) is 43.2 Å². The highest BCUT2D eigenvalue weighted by Crippen LogP contribution is 2.30. The van der Waals surface area contributed by atoms with Crippen molar-refractivity contribution in [1.29, 1.82) is 0 Å². The number of likely N-dealkylation sites (N-methyl/N-ethyl adjacent to an activating group) is 1.